The SMILES string of the molecule is COc1ccc(C)cc1CC1(CNCC(C)C)CCOC1. The van der Waals surface area contributed by atoms with Crippen LogP contribution in [-0.4, -0.2) is 33.4 Å². The molecule has 0 amide bonds. The minimum atomic E-state index is 0.204. The first-order valence-electron chi connectivity index (χ1n) is 7.97. The summed E-state index contributed by atoms with van der Waals surface area (Å²) in [6, 6.07) is 6.44. The van der Waals surface area contributed by atoms with Gasteiger partial charge in [-0.05, 0) is 43.9 Å². The predicted octanol–water partition coefficient (Wildman–Crippen LogP) is 3.20. The summed E-state index contributed by atoms with van der Waals surface area (Å²) in [4.78, 5) is 0. The smallest absolute Gasteiger partial charge is 0.122 e. The number of hydrogen-bond acceptors (Lipinski definition) is 3. The van der Waals surface area contributed by atoms with Crippen LogP contribution in [0.4, 0.5) is 0 Å². The topological polar surface area (TPSA) is 30.5 Å². The fourth-order valence-electron chi connectivity index (χ4n) is 3.07. The monoisotopic (exact) mass is 291 g/mol. The fourth-order valence-corrected chi connectivity index (χ4v) is 3.07. The third kappa shape index (κ3) is 4.45. The first kappa shape index (κ1) is 16.3. The van der Waals surface area contributed by atoms with Crippen molar-refractivity contribution in [3.63, 3.8) is 0 Å². The van der Waals surface area contributed by atoms with Crippen molar-refractivity contribution >= 4 is 0 Å². The molecular formula is C18H29NO2. The van der Waals surface area contributed by atoms with Crippen LogP contribution in [0.15, 0.2) is 18.2 Å². The van der Waals surface area contributed by atoms with E-state index in [1.165, 1.54) is 11.1 Å². The number of aryl methyl sites for hydroxylation is 1. The standard InChI is InChI=1S/C18H29NO2/c1-14(2)11-19-12-18(7-8-21-13-18)10-16-9-15(3)5-6-17(16)20-4/h5-6,9,14,19H,7-8,10-13H2,1-4H3. The number of ether oxygens (including phenoxy) is 2. The summed E-state index contributed by atoms with van der Waals surface area (Å²) in [6.07, 6.45) is 2.14. The molecule has 2 rings (SSSR count). The van der Waals surface area contributed by atoms with E-state index >= 15 is 0 Å². The molecule has 3 nitrogen and oxygen atoms in total. The van der Waals surface area contributed by atoms with Gasteiger partial charge in [0.05, 0.1) is 13.7 Å². The maximum atomic E-state index is 5.71. The van der Waals surface area contributed by atoms with Crippen LogP contribution in [0.3, 0.4) is 0 Å². The average molecular weight is 291 g/mol. The Morgan fingerprint density at radius 2 is 2.19 bits per heavy atom. The van der Waals surface area contributed by atoms with Crippen molar-refractivity contribution in [2.45, 2.75) is 33.6 Å². The molecule has 0 aromatic heterocycles. The molecule has 21 heavy (non-hydrogen) atoms. The second-order valence-electron chi connectivity index (χ2n) is 6.82. The Bertz CT molecular complexity index is 451. The molecule has 0 aliphatic carbocycles. The Kier molecular flexibility index (Phi) is 5.65. The summed E-state index contributed by atoms with van der Waals surface area (Å²) < 4.78 is 11.3. The molecular weight excluding hydrogens is 262 g/mol. The van der Waals surface area contributed by atoms with Gasteiger partial charge >= 0.3 is 0 Å². The molecule has 0 spiro atoms. The van der Waals surface area contributed by atoms with Gasteiger partial charge in [-0.3, -0.25) is 0 Å². The van der Waals surface area contributed by atoms with E-state index in [0.29, 0.717) is 5.92 Å². The van der Waals surface area contributed by atoms with E-state index in [2.05, 4.69) is 44.3 Å². The highest BCUT2D eigenvalue weighted by Gasteiger charge is 2.35. The molecule has 3 heteroatoms. The molecule has 1 N–H and O–H groups in total. The number of methoxy groups -OCH3 is 1. The van der Waals surface area contributed by atoms with Gasteiger partial charge in [0.1, 0.15) is 5.75 Å². The highest BCUT2D eigenvalue weighted by molar-refractivity contribution is 5.37. The lowest BCUT2D eigenvalue weighted by atomic mass is 9.80. The zero-order chi connectivity index (χ0) is 15.3. The van der Waals surface area contributed by atoms with Gasteiger partial charge < -0.3 is 14.8 Å². The van der Waals surface area contributed by atoms with Crippen molar-refractivity contribution in [1.82, 2.24) is 5.32 Å². The van der Waals surface area contributed by atoms with Gasteiger partial charge in [-0.25, -0.2) is 0 Å². The number of nitrogens with one attached hydrogen (secondary N) is 1. The van der Waals surface area contributed by atoms with Gasteiger partial charge in [0.2, 0.25) is 0 Å². The largest absolute Gasteiger partial charge is 0.496 e. The van der Waals surface area contributed by atoms with E-state index in [-0.39, 0.29) is 5.41 Å². The summed E-state index contributed by atoms with van der Waals surface area (Å²) in [5.74, 6) is 1.67. The van der Waals surface area contributed by atoms with Crippen molar-refractivity contribution in [3.8, 4) is 5.75 Å². The minimum absolute atomic E-state index is 0.204. The molecule has 1 heterocycles. The van der Waals surface area contributed by atoms with Crippen LogP contribution in [0.1, 0.15) is 31.4 Å². The molecule has 1 atom stereocenters. The third-order valence-electron chi connectivity index (χ3n) is 4.24. The Balaban J connectivity index is 2.10. The number of rotatable bonds is 7. The van der Waals surface area contributed by atoms with Crippen molar-refractivity contribution < 1.29 is 9.47 Å². The molecule has 1 fully saturated rings. The van der Waals surface area contributed by atoms with Crippen molar-refractivity contribution in [3.05, 3.63) is 29.3 Å². The minimum Gasteiger partial charge on any atom is -0.496 e. The zero-order valence-corrected chi connectivity index (χ0v) is 13.9. The summed E-state index contributed by atoms with van der Waals surface area (Å²) >= 11 is 0. The summed E-state index contributed by atoms with van der Waals surface area (Å²) in [5, 5.41) is 3.62. The molecule has 1 aliphatic heterocycles. The lowest BCUT2D eigenvalue weighted by Crippen LogP contribution is -2.38. The molecule has 0 saturated carbocycles. The molecule has 0 radical (unpaired) electrons. The molecule has 1 aliphatic rings. The van der Waals surface area contributed by atoms with Crippen LogP contribution in [0, 0.1) is 18.3 Å². The average Bonchev–Trinajstić information content (AvgIpc) is 2.87. The van der Waals surface area contributed by atoms with Gasteiger partial charge in [0.25, 0.3) is 0 Å². The van der Waals surface area contributed by atoms with Crippen LogP contribution in [0.2, 0.25) is 0 Å². The summed E-state index contributed by atoms with van der Waals surface area (Å²) in [7, 11) is 1.75. The van der Waals surface area contributed by atoms with E-state index in [1.54, 1.807) is 7.11 Å². The maximum Gasteiger partial charge on any atom is 0.122 e. The Hall–Kier alpha value is -1.06. The maximum absolute atomic E-state index is 5.71. The first-order valence-corrected chi connectivity index (χ1v) is 7.97. The van der Waals surface area contributed by atoms with Gasteiger partial charge in [0.15, 0.2) is 0 Å². The van der Waals surface area contributed by atoms with Crippen LogP contribution in [0.25, 0.3) is 0 Å². The van der Waals surface area contributed by atoms with E-state index in [4.69, 9.17) is 9.47 Å². The normalized spacial score (nSPS) is 22.0. The summed E-state index contributed by atoms with van der Waals surface area (Å²) in [6.45, 7) is 10.4. The Morgan fingerprint density at radius 1 is 1.38 bits per heavy atom. The lowest BCUT2D eigenvalue weighted by Gasteiger charge is -2.29. The Labute approximate surface area is 129 Å². The lowest BCUT2D eigenvalue weighted by molar-refractivity contribution is 0.148. The van der Waals surface area contributed by atoms with Gasteiger partial charge in [-0.1, -0.05) is 31.5 Å². The van der Waals surface area contributed by atoms with Crippen molar-refractivity contribution in [2.75, 3.05) is 33.4 Å². The van der Waals surface area contributed by atoms with Crippen LogP contribution < -0.4 is 10.1 Å². The molecule has 1 aromatic rings. The molecule has 0 bridgehead atoms. The second-order valence-corrected chi connectivity index (χ2v) is 6.82. The molecule has 1 unspecified atom stereocenters. The van der Waals surface area contributed by atoms with Gasteiger partial charge in [-0.2, -0.15) is 0 Å². The van der Waals surface area contributed by atoms with E-state index in [0.717, 1.165) is 44.9 Å². The van der Waals surface area contributed by atoms with Crippen molar-refractivity contribution in [1.29, 1.82) is 0 Å². The van der Waals surface area contributed by atoms with Crippen LogP contribution >= 0.6 is 0 Å². The molecule has 1 saturated heterocycles. The quantitative estimate of drug-likeness (QED) is 0.837. The number of benzene rings is 1. The predicted molar refractivity (Wildman–Crippen MR) is 87.0 cm³/mol. The van der Waals surface area contributed by atoms with Gasteiger partial charge in [0, 0.05) is 18.6 Å². The fraction of sp³-hybridized carbons (Fsp3) is 0.667. The van der Waals surface area contributed by atoms with E-state index in [1.807, 2.05) is 0 Å². The highest BCUT2D eigenvalue weighted by Crippen LogP contribution is 2.35. The van der Waals surface area contributed by atoms with Gasteiger partial charge in [-0.15, -0.1) is 0 Å². The number of hydrogen-bond donors (Lipinski definition) is 1. The second kappa shape index (κ2) is 7.28. The molecule has 118 valence electrons. The van der Waals surface area contributed by atoms with E-state index < -0.39 is 0 Å². The zero-order valence-electron chi connectivity index (χ0n) is 13.9. The van der Waals surface area contributed by atoms with Crippen LogP contribution in [-0.2, 0) is 11.2 Å². The molecule has 1 aromatic carbocycles. The Morgan fingerprint density at radius 3 is 2.81 bits per heavy atom. The highest BCUT2D eigenvalue weighted by atomic mass is 16.5. The van der Waals surface area contributed by atoms with Crippen LogP contribution in [0.5, 0.6) is 5.75 Å². The first-order chi connectivity index (χ1) is 10.0. The summed E-state index contributed by atoms with van der Waals surface area (Å²) in [5.41, 5.74) is 2.79. The third-order valence-corrected chi connectivity index (χ3v) is 4.24. The van der Waals surface area contributed by atoms with Crippen molar-refractivity contribution in [2.24, 2.45) is 11.3 Å². The van der Waals surface area contributed by atoms with E-state index in [9.17, 15) is 0 Å².